The number of hydrogen-bond acceptors (Lipinski definition) is 3. The Balaban J connectivity index is 0.00000108. The van der Waals surface area contributed by atoms with Crippen LogP contribution in [-0.2, 0) is 4.79 Å². The zero-order valence-electron chi connectivity index (χ0n) is 8.87. The molecule has 1 spiro atoms. The number of hydrogen-bond donors (Lipinski definition) is 1. The molecule has 2 heterocycles. The van der Waals surface area contributed by atoms with E-state index in [0.717, 1.165) is 5.57 Å². The normalized spacial score (nSPS) is 32.1. The van der Waals surface area contributed by atoms with Crippen LogP contribution in [0.1, 0.15) is 0 Å². The first-order valence-electron chi connectivity index (χ1n) is 5.02. The third kappa shape index (κ3) is 1.59. The lowest BCUT2D eigenvalue weighted by Gasteiger charge is -2.35. The first kappa shape index (κ1) is 12.2. The lowest BCUT2D eigenvalue weighted by atomic mass is 9.82. The Kier molecular flexibility index (Phi) is 3.02. The van der Waals surface area contributed by atoms with Gasteiger partial charge in [0.1, 0.15) is 0 Å². The van der Waals surface area contributed by atoms with Crippen molar-refractivity contribution in [3.8, 4) is 0 Å². The fourth-order valence-corrected chi connectivity index (χ4v) is 3.54. The topological polar surface area (TPSA) is 55.5 Å². The van der Waals surface area contributed by atoms with Crippen LogP contribution in [0.4, 0.5) is 0 Å². The highest BCUT2D eigenvalue weighted by molar-refractivity contribution is 8.04. The van der Waals surface area contributed by atoms with Crippen LogP contribution in [-0.4, -0.2) is 22.9 Å². The molecule has 0 aromatic heterocycles. The van der Waals surface area contributed by atoms with E-state index in [1.165, 1.54) is 0 Å². The smallest absolute Gasteiger partial charge is 0.249 e. The molecule has 88 valence electrons. The van der Waals surface area contributed by atoms with Crippen molar-refractivity contribution in [3.63, 3.8) is 0 Å². The van der Waals surface area contributed by atoms with Gasteiger partial charge in [0.2, 0.25) is 5.91 Å². The van der Waals surface area contributed by atoms with Crippen molar-refractivity contribution < 1.29 is 4.79 Å². The number of halogens is 1. The monoisotopic (exact) mass is 266 g/mol. The number of thioether (sulfide) groups is 1. The average molecular weight is 267 g/mol. The van der Waals surface area contributed by atoms with Crippen molar-refractivity contribution in [1.82, 2.24) is 0 Å². The summed E-state index contributed by atoms with van der Waals surface area (Å²) in [7, 11) is 0. The first-order chi connectivity index (χ1) is 7.74. The Morgan fingerprint density at radius 2 is 2.29 bits per heavy atom. The molecule has 0 saturated heterocycles. The van der Waals surface area contributed by atoms with Gasteiger partial charge in [-0.3, -0.25) is 9.79 Å². The van der Waals surface area contributed by atoms with Gasteiger partial charge in [0.05, 0.1) is 16.4 Å². The molecular weight excluding hydrogens is 256 g/mol. The Morgan fingerprint density at radius 1 is 1.47 bits per heavy atom. The number of primary amides is 1. The molecule has 1 amide bonds. The van der Waals surface area contributed by atoms with E-state index in [9.17, 15) is 4.79 Å². The van der Waals surface area contributed by atoms with Gasteiger partial charge in [-0.15, -0.1) is 24.2 Å². The maximum absolute atomic E-state index is 11.3. The minimum absolute atomic E-state index is 0. The van der Waals surface area contributed by atoms with Crippen molar-refractivity contribution in [2.45, 2.75) is 10.8 Å². The minimum atomic E-state index is -0.368. The molecular formula is C12H11ClN2OS. The van der Waals surface area contributed by atoms with Crippen molar-refractivity contribution in [1.29, 1.82) is 0 Å². The maximum Gasteiger partial charge on any atom is 0.249 e. The van der Waals surface area contributed by atoms with Crippen LogP contribution in [0, 0.1) is 0 Å². The number of dihydropyridines is 1. The zero-order chi connectivity index (χ0) is 11.2. The molecule has 2 N–H and O–H groups in total. The first-order valence-corrected chi connectivity index (χ1v) is 5.90. The number of aliphatic imine (C=N–C) groups is 1. The van der Waals surface area contributed by atoms with E-state index in [0.29, 0.717) is 5.57 Å². The molecule has 2 aliphatic heterocycles. The van der Waals surface area contributed by atoms with E-state index >= 15 is 0 Å². The molecule has 2 atom stereocenters. The van der Waals surface area contributed by atoms with Gasteiger partial charge < -0.3 is 5.73 Å². The number of nitrogens with two attached hydrogens (primary N) is 1. The van der Waals surface area contributed by atoms with E-state index in [4.69, 9.17) is 5.73 Å². The summed E-state index contributed by atoms with van der Waals surface area (Å²) in [6.45, 7) is 0. The molecule has 3 rings (SSSR count). The van der Waals surface area contributed by atoms with Gasteiger partial charge >= 0.3 is 0 Å². The van der Waals surface area contributed by atoms with Gasteiger partial charge in [-0.25, -0.2) is 0 Å². The lowest BCUT2D eigenvalue weighted by Crippen LogP contribution is -2.39. The van der Waals surface area contributed by atoms with E-state index in [1.807, 2.05) is 29.7 Å². The van der Waals surface area contributed by atoms with Gasteiger partial charge in [-0.05, 0) is 17.1 Å². The predicted octanol–water partition coefficient (Wildman–Crippen LogP) is 1.77. The van der Waals surface area contributed by atoms with Crippen LogP contribution in [0.3, 0.4) is 0 Å². The molecule has 1 aliphatic carbocycles. The van der Waals surface area contributed by atoms with E-state index < -0.39 is 0 Å². The molecule has 0 aromatic rings. The maximum atomic E-state index is 11.3. The summed E-state index contributed by atoms with van der Waals surface area (Å²) in [4.78, 5) is 15.8. The van der Waals surface area contributed by atoms with Gasteiger partial charge in [0.25, 0.3) is 0 Å². The van der Waals surface area contributed by atoms with Crippen LogP contribution < -0.4 is 5.73 Å². The highest BCUT2D eigenvalue weighted by atomic mass is 35.5. The highest BCUT2D eigenvalue weighted by Gasteiger charge is 2.47. The van der Waals surface area contributed by atoms with Crippen LogP contribution in [0.15, 0.2) is 51.9 Å². The van der Waals surface area contributed by atoms with Crippen molar-refractivity contribution >= 4 is 36.3 Å². The van der Waals surface area contributed by atoms with Crippen LogP contribution >= 0.6 is 24.2 Å². The second-order valence-corrected chi connectivity index (χ2v) is 5.02. The predicted molar refractivity (Wildman–Crippen MR) is 73.5 cm³/mol. The number of rotatable bonds is 1. The number of allylic oxidation sites excluding steroid dienone is 3. The van der Waals surface area contributed by atoms with Crippen LogP contribution in [0.2, 0.25) is 0 Å². The average Bonchev–Trinajstić information content (AvgIpc) is 2.66. The molecule has 2 unspecified atom stereocenters. The third-order valence-corrected chi connectivity index (χ3v) is 4.37. The molecule has 0 saturated carbocycles. The Labute approximate surface area is 110 Å². The molecule has 0 fully saturated rings. The SMILES string of the molecule is Cl.NC(=O)C1=CSC23C=CC=CC2N=CC=C13. The standard InChI is InChI=1S/C12H10N2OS.ClH/c13-11(15)8-7-16-12-5-2-1-3-10(12)14-6-4-9(8)12;/h1-7,10H,(H2,13,15);1H. The van der Waals surface area contributed by atoms with Gasteiger partial charge in [0, 0.05) is 6.21 Å². The Morgan fingerprint density at radius 3 is 3.06 bits per heavy atom. The number of carbonyl (C=O) groups excluding carboxylic acids is 1. The van der Waals surface area contributed by atoms with E-state index in [2.05, 4.69) is 11.1 Å². The zero-order valence-corrected chi connectivity index (χ0v) is 10.5. The van der Waals surface area contributed by atoms with Gasteiger partial charge in [-0.1, -0.05) is 24.3 Å². The second kappa shape index (κ2) is 4.20. The summed E-state index contributed by atoms with van der Waals surface area (Å²) in [5, 5.41) is 1.85. The summed E-state index contributed by atoms with van der Waals surface area (Å²) in [5.41, 5.74) is 6.96. The summed E-state index contributed by atoms with van der Waals surface area (Å²) in [5.74, 6) is -0.368. The van der Waals surface area contributed by atoms with Gasteiger partial charge in [0.15, 0.2) is 0 Å². The van der Waals surface area contributed by atoms with E-state index in [-0.39, 0.29) is 29.1 Å². The van der Waals surface area contributed by atoms with Crippen molar-refractivity contribution in [2.75, 3.05) is 0 Å². The molecule has 5 heteroatoms. The quantitative estimate of drug-likeness (QED) is 0.786. The Hall–Kier alpha value is -1.26. The largest absolute Gasteiger partial charge is 0.366 e. The molecule has 0 bridgehead atoms. The summed E-state index contributed by atoms with van der Waals surface area (Å²) in [6.07, 6.45) is 11.8. The highest BCUT2D eigenvalue weighted by Crippen LogP contribution is 2.51. The van der Waals surface area contributed by atoms with E-state index in [1.54, 1.807) is 18.0 Å². The number of nitrogens with zero attached hydrogens (tertiary/aromatic N) is 1. The Bertz CT molecular complexity index is 519. The number of amides is 1. The molecule has 3 aliphatic rings. The second-order valence-electron chi connectivity index (χ2n) is 3.87. The van der Waals surface area contributed by atoms with Crippen LogP contribution in [0.25, 0.3) is 0 Å². The summed E-state index contributed by atoms with van der Waals surface area (Å²) >= 11 is 1.61. The third-order valence-electron chi connectivity index (χ3n) is 3.02. The van der Waals surface area contributed by atoms with Crippen molar-refractivity contribution in [3.05, 3.63) is 46.9 Å². The minimum Gasteiger partial charge on any atom is -0.366 e. The lowest BCUT2D eigenvalue weighted by molar-refractivity contribution is -0.114. The van der Waals surface area contributed by atoms with Crippen LogP contribution in [0.5, 0.6) is 0 Å². The summed E-state index contributed by atoms with van der Waals surface area (Å²) in [6, 6.07) is 0.0654. The van der Waals surface area contributed by atoms with Crippen molar-refractivity contribution in [2.24, 2.45) is 10.7 Å². The molecule has 0 radical (unpaired) electrons. The summed E-state index contributed by atoms with van der Waals surface area (Å²) < 4.78 is -0.242. The fourth-order valence-electron chi connectivity index (χ4n) is 2.24. The molecule has 0 aromatic carbocycles. The van der Waals surface area contributed by atoms with Gasteiger partial charge in [-0.2, -0.15) is 0 Å². The number of carbonyl (C=O) groups is 1. The fraction of sp³-hybridized carbons (Fsp3) is 0.167. The molecule has 17 heavy (non-hydrogen) atoms. The molecule has 3 nitrogen and oxygen atoms in total.